The highest BCUT2D eigenvalue weighted by Crippen LogP contribution is 2.31. The van der Waals surface area contributed by atoms with Crippen molar-refractivity contribution < 1.29 is 0 Å². The molecule has 3 aromatic rings. The number of nitrogens with zero attached hydrogens (tertiary/aromatic N) is 1. The van der Waals surface area contributed by atoms with Crippen LogP contribution in [0.15, 0.2) is 42.5 Å². The Morgan fingerprint density at radius 3 is 2.18 bits per heavy atom. The molecular formula is C20H21NS. The minimum Gasteiger partial charge on any atom is -0.378 e. The third-order valence-corrected chi connectivity index (χ3v) is 5.25. The number of thiophene rings is 1. The predicted molar refractivity (Wildman–Crippen MR) is 101 cm³/mol. The molecule has 0 radical (unpaired) electrons. The summed E-state index contributed by atoms with van der Waals surface area (Å²) in [6.45, 7) is 4.40. The predicted octanol–water partition coefficient (Wildman–Crippen LogP) is 5.75. The molecule has 1 nitrogen and oxygen atoms in total. The highest BCUT2D eigenvalue weighted by molar-refractivity contribution is 7.19. The summed E-state index contributed by atoms with van der Waals surface area (Å²) in [6, 6.07) is 15.3. The topological polar surface area (TPSA) is 3.24 Å². The van der Waals surface area contributed by atoms with Crippen LogP contribution in [0.25, 0.3) is 22.2 Å². The van der Waals surface area contributed by atoms with Gasteiger partial charge in [0.25, 0.3) is 0 Å². The average Bonchev–Trinajstić information content (AvgIpc) is 2.80. The van der Waals surface area contributed by atoms with E-state index in [9.17, 15) is 0 Å². The third-order valence-electron chi connectivity index (χ3n) is 4.08. The molecule has 0 bridgehead atoms. The first-order valence-corrected chi connectivity index (χ1v) is 8.31. The van der Waals surface area contributed by atoms with E-state index in [1.165, 1.54) is 37.3 Å². The van der Waals surface area contributed by atoms with E-state index in [1.807, 2.05) is 11.3 Å². The Morgan fingerprint density at radius 1 is 0.864 bits per heavy atom. The Balaban J connectivity index is 1.85. The highest BCUT2D eigenvalue weighted by Gasteiger charge is 2.04. The van der Waals surface area contributed by atoms with Crippen LogP contribution in [0.2, 0.25) is 0 Å². The molecule has 0 fully saturated rings. The second-order valence-electron chi connectivity index (χ2n) is 5.86. The summed E-state index contributed by atoms with van der Waals surface area (Å²) in [5.74, 6) is 0. The van der Waals surface area contributed by atoms with Crippen molar-refractivity contribution >= 4 is 39.3 Å². The van der Waals surface area contributed by atoms with Gasteiger partial charge in [-0.3, -0.25) is 0 Å². The van der Waals surface area contributed by atoms with Crippen LogP contribution in [0.4, 0.5) is 5.69 Å². The lowest BCUT2D eigenvalue weighted by Crippen LogP contribution is -2.07. The third kappa shape index (κ3) is 2.93. The second kappa shape index (κ2) is 5.98. The Kier molecular flexibility index (Phi) is 4.04. The minimum absolute atomic E-state index is 1.23. The van der Waals surface area contributed by atoms with E-state index >= 15 is 0 Å². The van der Waals surface area contributed by atoms with Crippen LogP contribution in [0, 0.1) is 13.8 Å². The first-order valence-electron chi connectivity index (χ1n) is 7.50. The normalized spacial score (nSPS) is 11.5. The summed E-state index contributed by atoms with van der Waals surface area (Å²) in [5, 5.41) is 1.38. The SMILES string of the molecule is Cc1sc2cc(C=Cc3ccc(N(C)C)cc3)ccc2c1C. The Bertz CT molecular complexity index is 823. The number of rotatable bonds is 3. The Morgan fingerprint density at radius 2 is 1.50 bits per heavy atom. The van der Waals surface area contributed by atoms with Crippen molar-refractivity contribution in [2.75, 3.05) is 19.0 Å². The largest absolute Gasteiger partial charge is 0.378 e. The summed E-state index contributed by atoms with van der Waals surface area (Å²) in [5.41, 5.74) is 5.12. The second-order valence-corrected chi connectivity index (χ2v) is 7.11. The van der Waals surface area contributed by atoms with E-state index in [-0.39, 0.29) is 0 Å². The molecule has 2 aromatic carbocycles. The van der Waals surface area contributed by atoms with E-state index in [0.29, 0.717) is 0 Å². The zero-order valence-electron chi connectivity index (χ0n) is 13.6. The van der Waals surface area contributed by atoms with Gasteiger partial charge in [0.2, 0.25) is 0 Å². The maximum absolute atomic E-state index is 2.28. The number of hydrogen-bond acceptors (Lipinski definition) is 2. The standard InChI is InChI=1S/C20H21NS/c1-14-15(2)22-20-13-17(9-12-19(14)20)6-5-16-7-10-18(11-8-16)21(3)4/h5-13H,1-4H3. The zero-order valence-corrected chi connectivity index (χ0v) is 14.4. The lowest BCUT2D eigenvalue weighted by Gasteiger charge is -2.11. The lowest BCUT2D eigenvalue weighted by atomic mass is 10.1. The van der Waals surface area contributed by atoms with Crippen LogP contribution < -0.4 is 4.90 Å². The molecule has 0 aliphatic heterocycles. The molecule has 112 valence electrons. The average molecular weight is 307 g/mol. The molecule has 1 heterocycles. The first kappa shape index (κ1) is 14.9. The highest BCUT2D eigenvalue weighted by atomic mass is 32.1. The Hall–Kier alpha value is -2.06. The van der Waals surface area contributed by atoms with Crippen LogP contribution in [0.5, 0.6) is 0 Å². The van der Waals surface area contributed by atoms with Gasteiger partial charge in [0.1, 0.15) is 0 Å². The summed E-state index contributed by atoms with van der Waals surface area (Å²) in [4.78, 5) is 3.53. The van der Waals surface area contributed by atoms with Gasteiger partial charge in [-0.1, -0.05) is 36.4 Å². The number of benzene rings is 2. The van der Waals surface area contributed by atoms with E-state index in [2.05, 4.69) is 87.5 Å². The van der Waals surface area contributed by atoms with Crippen LogP contribution in [0.1, 0.15) is 21.6 Å². The minimum atomic E-state index is 1.23. The quantitative estimate of drug-likeness (QED) is 0.556. The van der Waals surface area contributed by atoms with Gasteiger partial charge in [0.15, 0.2) is 0 Å². The van der Waals surface area contributed by atoms with Gasteiger partial charge >= 0.3 is 0 Å². The fourth-order valence-corrected chi connectivity index (χ4v) is 3.66. The van der Waals surface area contributed by atoms with Crippen molar-refractivity contribution in [3.63, 3.8) is 0 Å². The van der Waals surface area contributed by atoms with Crippen LogP contribution in [0.3, 0.4) is 0 Å². The fraction of sp³-hybridized carbons (Fsp3) is 0.200. The molecule has 0 amide bonds. The molecule has 0 aliphatic rings. The zero-order chi connectivity index (χ0) is 15.7. The molecule has 0 N–H and O–H groups in total. The van der Waals surface area contributed by atoms with E-state index in [0.717, 1.165) is 0 Å². The van der Waals surface area contributed by atoms with E-state index in [4.69, 9.17) is 0 Å². The van der Waals surface area contributed by atoms with Crippen molar-refractivity contribution in [2.24, 2.45) is 0 Å². The van der Waals surface area contributed by atoms with Crippen LogP contribution >= 0.6 is 11.3 Å². The van der Waals surface area contributed by atoms with Crippen molar-refractivity contribution in [3.05, 3.63) is 64.0 Å². The van der Waals surface area contributed by atoms with Crippen LogP contribution in [-0.4, -0.2) is 14.1 Å². The van der Waals surface area contributed by atoms with Gasteiger partial charge in [-0.2, -0.15) is 0 Å². The molecule has 0 aliphatic carbocycles. The van der Waals surface area contributed by atoms with Crippen LogP contribution in [-0.2, 0) is 0 Å². The van der Waals surface area contributed by atoms with Crippen molar-refractivity contribution in [2.45, 2.75) is 13.8 Å². The van der Waals surface area contributed by atoms with Gasteiger partial charge in [0, 0.05) is 29.4 Å². The summed E-state index contributed by atoms with van der Waals surface area (Å²) in [7, 11) is 4.12. The summed E-state index contributed by atoms with van der Waals surface area (Å²) >= 11 is 1.88. The van der Waals surface area contributed by atoms with Crippen molar-refractivity contribution in [3.8, 4) is 0 Å². The molecule has 0 unspecified atom stereocenters. The monoisotopic (exact) mass is 307 g/mol. The number of aryl methyl sites for hydroxylation is 2. The van der Waals surface area contributed by atoms with Gasteiger partial charge < -0.3 is 4.90 Å². The number of fused-ring (bicyclic) bond motifs is 1. The van der Waals surface area contributed by atoms with Gasteiger partial charge in [-0.05, 0) is 54.1 Å². The smallest absolute Gasteiger partial charge is 0.0361 e. The maximum atomic E-state index is 2.28. The molecule has 22 heavy (non-hydrogen) atoms. The summed E-state index contributed by atoms with van der Waals surface area (Å²) < 4.78 is 1.38. The Labute approximate surface area is 136 Å². The molecule has 3 rings (SSSR count). The van der Waals surface area contributed by atoms with Gasteiger partial charge in [-0.15, -0.1) is 11.3 Å². The van der Waals surface area contributed by atoms with Crippen molar-refractivity contribution in [1.29, 1.82) is 0 Å². The number of hydrogen-bond donors (Lipinski definition) is 0. The maximum Gasteiger partial charge on any atom is 0.0361 e. The van der Waals surface area contributed by atoms with Gasteiger partial charge in [-0.25, -0.2) is 0 Å². The fourth-order valence-electron chi connectivity index (χ4n) is 2.54. The number of anilines is 1. The molecule has 0 saturated carbocycles. The molecular weight excluding hydrogens is 286 g/mol. The lowest BCUT2D eigenvalue weighted by molar-refractivity contribution is 1.13. The van der Waals surface area contributed by atoms with E-state index in [1.54, 1.807) is 0 Å². The van der Waals surface area contributed by atoms with Gasteiger partial charge in [0.05, 0.1) is 0 Å². The first-order chi connectivity index (χ1) is 10.5. The van der Waals surface area contributed by atoms with Crippen molar-refractivity contribution in [1.82, 2.24) is 0 Å². The molecule has 0 atom stereocenters. The molecule has 0 saturated heterocycles. The van der Waals surface area contributed by atoms with E-state index < -0.39 is 0 Å². The molecule has 0 spiro atoms. The molecule has 1 aromatic heterocycles. The summed E-state index contributed by atoms with van der Waals surface area (Å²) in [6.07, 6.45) is 4.36. The molecule has 2 heteroatoms.